The predicted molar refractivity (Wildman–Crippen MR) is 68.8 cm³/mol. The van der Waals surface area contributed by atoms with Gasteiger partial charge in [0.25, 0.3) is 0 Å². The minimum Gasteiger partial charge on any atom is -0.490 e. The summed E-state index contributed by atoms with van der Waals surface area (Å²) in [5.41, 5.74) is 0. The summed E-state index contributed by atoms with van der Waals surface area (Å²) in [5.74, 6) is 2.05. The van der Waals surface area contributed by atoms with Gasteiger partial charge in [-0.05, 0) is 25.7 Å². The van der Waals surface area contributed by atoms with Crippen LogP contribution in [0.25, 0.3) is 0 Å². The van der Waals surface area contributed by atoms with Gasteiger partial charge in [-0.1, -0.05) is 18.5 Å². The molecular weight excluding hydrogens is 238 g/mol. The molecule has 0 aromatic carbocycles. The Bertz CT molecular complexity index is 399. The van der Waals surface area contributed by atoms with Crippen LogP contribution in [0.15, 0.2) is 6.33 Å². The van der Waals surface area contributed by atoms with E-state index in [4.69, 9.17) is 16.3 Å². The second-order valence-electron chi connectivity index (χ2n) is 4.57. The second-order valence-corrected chi connectivity index (χ2v) is 4.93. The van der Waals surface area contributed by atoms with Gasteiger partial charge in [0.05, 0.1) is 7.11 Å². The van der Waals surface area contributed by atoms with Gasteiger partial charge in [-0.15, -0.1) is 0 Å². The maximum atomic E-state index is 6.03. The van der Waals surface area contributed by atoms with Crippen molar-refractivity contribution >= 4 is 17.4 Å². The molecule has 0 saturated carbocycles. The molecular formula is C12H18ClN3O. The Balaban J connectivity index is 2.35. The highest BCUT2D eigenvalue weighted by Crippen LogP contribution is 2.36. The smallest absolute Gasteiger partial charge is 0.199 e. The fourth-order valence-electron chi connectivity index (χ4n) is 2.36. The van der Waals surface area contributed by atoms with Crippen LogP contribution in [-0.4, -0.2) is 29.7 Å². The molecule has 1 saturated heterocycles. The van der Waals surface area contributed by atoms with E-state index in [1.54, 1.807) is 7.11 Å². The highest BCUT2D eigenvalue weighted by molar-refractivity contribution is 6.31. The van der Waals surface area contributed by atoms with Crippen molar-refractivity contribution in [1.29, 1.82) is 0 Å². The summed E-state index contributed by atoms with van der Waals surface area (Å²) < 4.78 is 5.31. The molecule has 0 N–H and O–H groups in total. The lowest BCUT2D eigenvalue weighted by molar-refractivity contribution is 0.352. The number of piperidine rings is 1. The molecule has 2 heterocycles. The van der Waals surface area contributed by atoms with Crippen LogP contribution in [-0.2, 0) is 0 Å². The van der Waals surface area contributed by atoms with E-state index in [9.17, 15) is 0 Å². The van der Waals surface area contributed by atoms with Crippen LogP contribution in [0.5, 0.6) is 5.75 Å². The summed E-state index contributed by atoms with van der Waals surface area (Å²) in [5, 5.41) is 0.378. The largest absolute Gasteiger partial charge is 0.490 e. The molecule has 94 valence electrons. The number of hydrogen-bond acceptors (Lipinski definition) is 4. The van der Waals surface area contributed by atoms with Crippen molar-refractivity contribution < 1.29 is 4.74 Å². The molecule has 2 unspecified atom stereocenters. The fourth-order valence-corrected chi connectivity index (χ4v) is 2.56. The Labute approximate surface area is 107 Å². The lowest BCUT2D eigenvalue weighted by Gasteiger charge is -2.39. The van der Waals surface area contributed by atoms with E-state index in [-0.39, 0.29) is 0 Å². The molecule has 1 aliphatic heterocycles. The van der Waals surface area contributed by atoms with Gasteiger partial charge in [0, 0.05) is 12.6 Å². The SMILES string of the molecule is COc1c(Cl)ncnc1N1CCCC(C)C1C. The highest BCUT2D eigenvalue weighted by atomic mass is 35.5. The number of anilines is 1. The first-order valence-corrected chi connectivity index (χ1v) is 6.34. The van der Waals surface area contributed by atoms with Gasteiger partial charge in [-0.2, -0.15) is 0 Å². The van der Waals surface area contributed by atoms with Crippen molar-refractivity contribution in [3.63, 3.8) is 0 Å². The van der Waals surface area contributed by atoms with Crippen LogP contribution < -0.4 is 9.64 Å². The quantitative estimate of drug-likeness (QED) is 0.762. The number of halogens is 1. The number of methoxy groups -OCH3 is 1. The van der Waals surface area contributed by atoms with E-state index in [0.29, 0.717) is 22.9 Å². The number of rotatable bonds is 2. The van der Waals surface area contributed by atoms with Crippen LogP contribution in [0.2, 0.25) is 5.15 Å². The molecule has 1 aromatic heterocycles. The molecule has 4 nitrogen and oxygen atoms in total. The van der Waals surface area contributed by atoms with Gasteiger partial charge < -0.3 is 9.64 Å². The van der Waals surface area contributed by atoms with Crippen LogP contribution in [0, 0.1) is 5.92 Å². The lowest BCUT2D eigenvalue weighted by atomic mass is 9.92. The molecule has 0 radical (unpaired) electrons. The third-order valence-electron chi connectivity index (χ3n) is 3.59. The average molecular weight is 256 g/mol. The second kappa shape index (κ2) is 5.08. The molecule has 1 fully saturated rings. The van der Waals surface area contributed by atoms with Crippen LogP contribution in [0.3, 0.4) is 0 Å². The van der Waals surface area contributed by atoms with Crippen molar-refractivity contribution in [1.82, 2.24) is 9.97 Å². The third-order valence-corrected chi connectivity index (χ3v) is 3.86. The molecule has 17 heavy (non-hydrogen) atoms. The Morgan fingerprint density at radius 2 is 2.18 bits per heavy atom. The van der Waals surface area contributed by atoms with Crippen molar-refractivity contribution in [2.24, 2.45) is 5.92 Å². The monoisotopic (exact) mass is 255 g/mol. The first-order chi connectivity index (χ1) is 8.15. The zero-order valence-corrected chi connectivity index (χ0v) is 11.2. The summed E-state index contributed by atoms with van der Waals surface area (Å²) >= 11 is 6.03. The number of aromatic nitrogens is 2. The average Bonchev–Trinajstić information content (AvgIpc) is 2.32. The number of hydrogen-bond donors (Lipinski definition) is 0. The number of ether oxygens (including phenoxy) is 1. The minimum atomic E-state index is 0.378. The van der Waals surface area contributed by atoms with Crippen molar-refractivity contribution in [2.75, 3.05) is 18.6 Å². The zero-order chi connectivity index (χ0) is 12.4. The van der Waals surface area contributed by atoms with Gasteiger partial charge in [-0.25, -0.2) is 9.97 Å². The summed E-state index contributed by atoms with van der Waals surface area (Å²) in [4.78, 5) is 10.5. The Kier molecular flexibility index (Phi) is 3.72. The maximum Gasteiger partial charge on any atom is 0.199 e. The van der Waals surface area contributed by atoms with Crippen LogP contribution in [0.1, 0.15) is 26.7 Å². The highest BCUT2D eigenvalue weighted by Gasteiger charge is 2.28. The summed E-state index contributed by atoms with van der Waals surface area (Å²) in [7, 11) is 1.60. The Morgan fingerprint density at radius 3 is 2.88 bits per heavy atom. The molecule has 0 aliphatic carbocycles. The Hall–Kier alpha value is -1.03. The Morgan fingerprint density at radius 1 is 1.41 bits per heavy atom. The van der Waals surface area contributed by atoms with Gasteiger partial charge >= 0.3 is 0 Å². The van der Waals surface area contributed by atoms with E-state index in [1.807, 2.05) is 0 Å². The summed E-state index contributed by atoms with van der Waals surface area (Å²) in [6.45, 7) is 5.49. The van der Waals surface area contributed by atoms with Crippen molar-refractivity contribution in [3.05, 3.63) is 11.5 Å². The molecule has 1 aromatic rings. The van der Waals surface area contributed by atoms with E-state index in [1.165, 1.54) is 19.2 Å². The minimum absolute atomic E-state index is 0.378. The molecule has 0 amide bonds. The molecule has 5 heteroatoms. The molecule has 1 aliphatic rings. The molecule has 2 rings (SSSR count). The molecule has 2 atom stereocenters. The van der Waals surface area contributed by atoms with E-state index >= 15 is 0 Å². The van der Waals surface area contributed by atoms with Gasteiger partial charge in [0.15, 0.2) is 16.7 Å². The third kappa shape index (κ3) is 2.32. The van der Waals surface area contributed by atoms with E-state index in [0.717, 1.165) is 12.4 Å². The standard InChI is InChI=1S/C12H18ClN3O/c1-8-5-4-6-16(9(8)2)12-10(17-3)11(13)14-7-15-12/h7-9H,4-6H2,1-3H3. The summed E-state index contributed by atoms with van der Waals surface area (Å²) in [6, 6.07) is 0.448. The molecule has 0 bridgehead atoms. The lowest BCUT2D eigenvalue weighted by Crippen LogP contribution is -2.43. The van der Waals surface area contributed by atoms with Crippen molar-refractivity contribution in [3.8, 4) is 5.75 Å². The van der Waals surface area contributed by atoms with Gasteiger partial charge in [0.1, 0.15) is 6.33 Å². The zero-order valence-electron chi connectivity index (χ0n) is 10.5. The van der Waals surface area contributed by atoms with Crippen LogP contribution in [0.4, 0.5) is 5.82 Å². The first kappa shape index (κ1) is 12.4. The topological polar surface area (TPSA) is 38.3 Å². The predicted octanol–water partition coefficient (Wildman–Crippen LogP) is 2.76. The normalized spacial score (nSPS) is 24.8. The number of nitrogens with zero attached hydrogens (tertiary/aromatic N) is 3. The van der Waals surface area contributed by atoms with Crippen molar-refractivity contribution in [2.45, 2.75) is 32.7 Å². The molecule has 0 spiro atoms. The summed E-state index contributed by atoms with van der Waals surface area (Å²) in [6.07, 6.45) is 3.93. The van der Waals surface area contributed by atoms with Gasteiger partial charge in [0.2, 0.25) is 0 Å². The van der Waals surface area contributed by atoms with Gasteiger partial charge in [-0.3, -0.25) is 0 Å². The first-order valence-electron chi connectivity index (χ1n) is 5.96. The fraction of sp³-hybridized carbons (Fsp3) is 0.667. The van der Waals surface area contributed by atoms with E-state index < -0.39 is 0 Å². The maximum absolute atomic E-state index is 6.03. The van der Waals surface area contributed by atoms with Crippen LogP contribution >= 0.6 is 11.6 Å². The van der Waals surface area contributed by atoms with E-state index in [2.05, 4.69) is 28.7 Å².